The van der Waals surface area contributed by atoms with Gasteiger partial charge in [-0.3, -0.25) is 0 Å². The first kappa shape index (κ1) is 18.4. The lowest BCUT2D eigenvalue weighted by molar-refractivity contribution is -0.137. The van der Waals surface area contributed by atoms with Gasteiger partial charge in [-0.1, -0.05) is 0 Å². The number of rotatable bonds is 5. The molecule has 0 atom stereocenters. The molecule has 0 radical (unpaired) electrons. The van der Waals surface area contributed by atoms with Gasteiger partial charge >= 0.3 is 12.2 Å². The predicted molar refractivity (Wildman–Crippen MR) is 81.9 cm³/mol. The second-order valence-electron chi connectivity index (χ2n) is 5.56. The Balaban J connectivity index is 1.69. The van der Waals surface area contributed by atoms with Crippen LogP contribution in [-0.4, -0.2) is 50.4 Å². The third-order valence-corrected chi connectivity index (χ3v) is 3.89. The van der Waals surface area contributed by atoms with E-state index in [2.05, 4.69) is 5.32 Å². The van der Waals surface area contributed by atoms with Crippen LogP contribution in [0.2, 0.25) is 0 Å². The van der Waals surface area contributed by atoms with Crippen LogP contribution in [-0.2, 0) is 10.9 Å². The molecule has 1 heterocycles. The molecule has 1 aliphatic heterocycles. The van der Waals surface area contributed by atoms with E-state index in [-0.39, 0.29) is 25.2 Å². The third kappa shape index (κ3) is 5.30. The van der Waals surface area contributed by atoms with E-state index < -0.39 is 11.7 Å². The van der Waals surface area contributed by atoms with Gasteiger partial charge < -0.3 is 19.7 Å². The minimum atomic E-state index is -4.36. The first-order chi connectivity index (χ1) is 11.4. The number of nitrogens with zero attached hydrogens (tertiary/aromatic N) is 1. The molecule has 0 aromatic heterocycles. The fourth-order valence-electron chi connectivity index (χ4n) is 2.43. The number of benzene rings is 1. The van der Waals surface area contributed by atoms with Crippen LogP contribution in [0.4, 0.5) is 18.0 Å². The Labute approximate surface area is 138 Å². The number of alkyl halides is 3. The highest BCUT2D eigenvalue weighted by Gasteiger charge is 2.30. The fraction of sp³-hybridized carbons (Fsp3) is 0.562. The van der Waals surface area contributed by atoms with Gasteiger partial charge in [-0.15, -0.1) is 0 Å². The second-order valence-corrected chi connectivity index (χ2v) is 5.56. The average Bonchev–Trinajstić information content (AvgIpc) is 2.58. The minimum absolute atomic E-state index is 0.162. The molecule has 2 rings (SSSR count). The first-order valence-corrected chi connectivity index (χ1v) is 7.76. The number of halogens is 3. The summed E-state index contributed by atoms with van der Waals surface area (Å²) < 4.78 is 47.9. The summed E-state index contributed by atoms with van der Waals surface area (Å²) in [5.74, 6) is 0.329. The molecule has 0 bridgehead atoms. The van der Waals surface area contributed by atoms with E-state index in [9.17, 15) is 18.0 Å². The van der Waals surface area contributed by atoms with Crippen LogP contribution >= 0.6 is 0 Å². The molecule has 1 N–H and O–H groups in total. The van der Waals surface area contributed by atoms with E-state index in [1.54, 1.807) is 11.9 Å². The average molecular weight is 346 g/mol. The zero-order valence-electron chi connectivity index (χ0n) is 13.4. The molecule has 134 valence electrons. The molecule has 1 aromatic carbocycles. The molecule has 8 heteroatoms. The number of nitrogens with one attached hydrogen (secondary N) is 1. The summed E-state index contributed by atoms with van der Waals surface area (Å²) in [4.78, 5) is 13.7. The van der Waals surface area contributed by atoms with Gasteiger partial charge in [0, 0.05) is 26.3 Å². The summed E-state index contributed by atoms with van der Waals surface area (Å²) in [6, 6.07) is 4.42. The summed E-state index contributed by atoms with van der Waals surface area (Å²) in [5, 5.41) is 2.73. The van der Waals surface area contributed by atoms with Crippen molar-refractivity contribution < 1.29 is 27.4 Å². The molecule has 5 nitrogen and oxygen atoms in total. The number of urea groups is 1. The van der Waals surface area contributed by atoms with Crippen LogP contribution in [0.5, 0.6) is 5.75 Å². The van der Waals surface area contributed by atoms with Gasteiger partial charge in [0.25, 0.3) is 0 Å². The van der Waals surface area contributed by atoms with Crippen LogP contribution in [0.15, 0.2) is 24.3 Å². The van der Waals surface area contributed by atoms with Crippen LogP contribution in [0, 0.1) is 0 Å². The van der Waals surface area contributed by atoms with Crippen LogP contribution < -0.4 is 10.1 Å². The normalized spacial score (nSPS) is 15.8. The Hall–Kier alpha value is -1.96. The highest BCUT2D eigenvalue weighted by atomic mass is 19.4. The van der Waals surface area contributed by atoms with E-state index >= 15 is 0 Å². The maximum Gasteiger partial charge on any atom is 0.416 e. The maximum absolute atomic E-state index is 12.4. The second kappa shape index (κ2) is 8.23. The number of hydrogen-bond acceptors (Lipinski definition) is 3. The monoisotopic (exact) mass is 346 g/mol. The number of hydrogen-bond donors (Lipinski definition) is 1. The van der Waals surface area contributed by atoms with Gasteiger partial charge in [0.2, 0.25) is 0 Å². The lowest BCUT2D eigenvalue weighted by Crippen LogP contribution is -2.46. The lowest BCUT2D eigenvalue weighted by Gasteiger charge is -2.31. The molecule has 1 aromatic rings. The number of amides is 2. The first-order valence-electron chi connectivity index (χ1n) is 7.76. The van der Waals surface area contributed by atoms with Crippen molar-refractivity contribution in [3.63, 3.8) is 0 Å². The highest BCUT2D eigenvalue weighted by molar-refractivity contribution is 5.74. The Morgan fingerprint density at radius 2 is 1.92 bits per heavy atom. The van der Waals surface area contributed by atoms with Crippen LogP contribution in [0.1, 0.15) is 18.4 Å². The molecule has 1 saturated heterocycles. The zero-order valence-corrected chi connectivity index (χ0v) is 13.4. The SMILES string of the molecule is CN(C(=O)NCCOc1ccc(C(F)(F)F)cc1)C1CCOCC1. The van der Waals surface area contributed by atoms with E-state index in [1.807, 2.05) is 0 Å². The molecule has 0 aliphatic carbocycles. The Kier molecular flexibility index (Phi) is 6.30. The van der Waals surface area contributed by atoms with Crippen LogP contribution in [0.3, 0.4) is 0 Å². The molecular formula is C16H21F3N2O3. The summed E-state index contributed by atoms with van der Waals surface area (Å²) in [5.41, 5.74) is -0.721. The maximum atomic E-state index is 12.4. The molecule has 1 aliphatic rings. The fourth-order valence-corrected chi connectivity index (χ4v) is 2.43. The van der Waals surface area contributed by atoms with Crippen molar-refractivity contribution in [3.8, 4) is 5.75 Å². The van der Waals surface area contributed by atoms with Crippen molar-refractivity contribution in [1.29, 1.82) is 0 Å². The van der Waals surface area contributed by atoms with Crippen molar-refractivity contribution >= 4 is 6.03 Å². The van der Waals surface area contributed by atoms with Gasteiger partial charge in [-0.2, -0.15) is 13.2 Å². The standard InChI is InChI=1S/C16H21F3N2O3/c1-21(13-6-9-23-10-7-13)15(22)20-8-11-24-14-4-2-12(3-5-14)16(17,18)19/h2-5,13H,6-11H2,1H3,(H,20,22). The molecule has 2 amide bonds. The minimum Gasteiger partial charge on any atom is -0.492 e. The quantitative estimate of drug-likeness (QED) is 0.834. The Morgan fingerprint density at radius 3 is 2.50 bits per heavy atom. The summed E-state index contributed by atoms with van der Waals surface area (Å²) in [7, 11) is 1.74. The topological polar surface area (TPSA) is 50.8 Å². The Bertz CT molecular complexity index is 528. The molecule has 0 saturated carbocycles. The molecule has 0 spiro atoms. The Morgan fingerprint density at radius 1 is 1.29 bits per heavy atom. The summed E-state index contributed by atoms with van der Waals surface area (Å²) in [6.07, 6.45) is -2.74. The van der Waals surface area contributed by atoms with Gasteiger partial charge in [0.15, 0.2) is 0 Å². The predicted octanol–water partition coefficient (Wildman–Crippen LogP) is 2.90. The smallest absolute Gasteiger partial charge is 0.416 e. The third-order valence-electron chi connectivity index (χ3n) is 3.89. The van der Waals surface area contributed by atoms with Crippen molar-refractivity contribution in [2.24, 2.45) is 0 Å². The molecule has 1 fully saturated rings. The van der Waals surface area contributed by atoms with Gasteiger partial charge in [-0.25, -0.2) is 4.79 Å². The van der Waals surface area contributed by atoms with Crippen molar-refractivity contribution in [3.05, 3.63) is 29.8 Å². The van der Waals surface area contributed by atoms with Crippen molar-refractivity contribution in [2.45, 2.75) is 25.1 Å². The van der Waals surface area contributed by atoms with Gasteiger partial charge in [-0.05, 0) is 37.1 Å². The van der Waals surface area contributed by atoms with E-state index in [0.717, 1.165) is 25.0 Å². The summed E-state index contributed by atoms with van der Waals surface area (Å²) >= 11 is 0. The van der Waals surface area contributed by atoms with Crippen molar-refractivity contribution in [1.82, 2.24) is 10.2 Å². The van der Waals surface area contributed by atoms with Gasteiger partial charge in [0.1, 0.15) is 12.4 Å². The van der Waals surface area contributed by atoms with Gasteiger partial charge in [0.05, 0.1) is 12.1 Å². The number of carbonyl (C=O) groups excluding carboxylic acids is 1. The molecule has 24 heavy (non-hydrogen) atoms. The summed E-state index contributed by atoms with van der Waals surface area (Å²) in [6.45, 7) is 1.75. The van der Waals surface area contributed by atoms with E-state index in [1.165, 1.54) is 12.1 Å². The van der Waals surface area contributed by atoms with E-state index in [0.29, 0.717) is 19.0 Å². The molecule has 0 unspecified atom stereocenters. The largest absolute Gasteiger partial charge is 0.492 e. The molecular weight excluding hydrogens is 325 g/mol. The number of carbonyl (C=O) groups is 1. The van der Waals surface area contributed by atoms with Crippen molar-refractivity contribution in [2.75, 3.05) is 33.4 Å². The highest BCUT2D eigenvalue weighted by Crippen LogP contribution is 2.30. The lowest BCUT2D eigenvalue weighted by atomic mass is 10.1. The number of ether oxygens (including phenoxy) is 2. The van der Waals surface area contributed by atoms with Crippen LogP contribution in [0.25, 0.3) is 0 Å². The zero-order chi connectivity index (χ0) is 17.6. The van der Waals surface area contributed by atoms with E-state index in [4.69, 9.17) is 9.47 Å².